The summed E-state index contributed by atoms with van der Waals surface area (Å²) in [5.74, 6) is -1.24. The minimum Gasteiger partial charge on any atom is -0.348 e. The third-order valence-corrected chi connectivity index (χ3v) is 5.79. The van der Waals surface area contributed by atoms with Gasteiger partial charge in [0.2, 0.25) is 17.7 Å². The largest absolute Gasteiger partial charge is 0.348 e. The van der Waals surface area contributed by atoms with E-state index >= 15 is 0 Å². The number of nitrogens with zero attached hydrogens (tertiary/aromatic N) is 1. The van der Waals surface area contributed by atoms with E-state index in [-0.39, 0.29) is 42.1 Å². The Morgan fingerprint density at radius 2 is 1.76 bits per heavy atom. The molecule has 3 amide bonds. The highest BCUT2D eigenvalue weighted by Crippen LogP contribution is 2.37. The van der Waals surface area contributed by atoms with E-state index in [2.05, 4.69) is 5.32 Å². The van der Waals surface area contributed by atoms with Gasteiger partial charge in [0.1, 0.15) is 6.54 Å². The van der Waals surface area contributed by atoms with Gasteiger partial charge in [-0.2, -0.15) is 0 Å². The molecule has 1 N–H and O–H groups in total. The summed E-state index contributed by atoms with van der Waals surface area (Å²) in [5, 5.41) is 3.66. The lowest BCUT2D eigenvalue weighted by Gasteiger charge is -2.19. The fraction of sp³-hybridized carbons (Fsp3) is 0.500. The van der Waals surface area contributed by atoms with Crippen molar-refractivity contribution < 1.29 is 14.4 Å². The van der Waals surface area contributed by atoms with E-state index in [0.29, 0.717) is 10.0 Å². The summed E-state index contributed by atoms with van der Waals surface area (Å²) >= 11 is 11.9. The van der Waals surface area contributed by atoms with Crippen molar-refractivity contribution in [3.05, 3.63) is 33.8 Å². The Morgan fingerprint density at radius 3 is 2.32 bits per heavy atom. The first-order chi connectivity index (χ1) is 11.9. The molecule has 1 saturated carbocycles. The highest BCUT2D eigenvalue weighted by Gasteiger charge is 2.48. The zero-order valence-electron chi connectivity index (χ0n) is 13.9. The third kappa shape index (κ3) is 3.67. The predicted molar refractivity (Wildman–Crippen MR) is 95.2 cm³/mol. The summed E-state index contributed by atoms with van der Waals surface area (Å²) < 4.78 is 0. The third-order valence-electron chi connectivity index (χ3n) is 5.06. The number of carbonyl (C=O) groups excluding carboxylic acids is 3. The van der Waals surface area contributed by atoms with Gasteiger partial charge in [0, 0.05) is 0 Å². The van der Waals surface area contributed by atoms with Crippen LogP contribution in [0.25, 0.3) is 0 Å². The van der Waals surface area contributed by atoms with E-state index in [1.807, 2.05) is 6.92 Å². The topological polar surface area (TPSA) is 66.5 Å². The van der Waals surface area contributed by atoms with Crippen molar-refractivity contribution in [2.75, 3.05) is 6.54 Å². The van der Waals surface area contributed by atoms with Crippen LogP contribution in [0.2, 0.25) is 10.0 Å². The van der Waals surface area contributed by atoms with Crippen LogP contribution in [0, 0.1) is 11.8 Å². The van der Waals surface area contributed by atoms with Crippen molar-refractivity contribution in [1.82, 2.24) is 10.2 Å². The molecule has 5 nitrogen and oxygen atoms in total. The number of benzene rings is 1. The first-order valence-corrected chi connectivity index (χ1v) is 9.23. The van der Waals surface area contributed by atoms with Crippen molar-refractivity contribution >= 4 is 40.9 Å². The molecule has 1 aliphatic carbocycles. The molecule has 2 aliphatic rings. The lowest BCUT2D eigenvalue weighted by atomic mass is 9.81. The van der Waals surface area contributed by atoms with E-state index < -0.39 is 0 Å². The minimum absolute atomic E-state index is 0.202. The number of rotatable bonds is 4. The maximum Gasteiger partial charge on any atom is 0.240 e. The molecule has 2 fully saturated rings. The summed E-state index contributed by atoms with van der Waals surface area (Å²) in [6.07, 6.45) is 3.42. The molecular weight excluding hydrogens is 363 g/mol. The SMILES string of the molecule is C[C@@H](NC(=O)CN1C(=O)[C@H]2CCCC[C@H]2C1=O)c1ccc(Cl)c(Cl)c1. The fourth-order valence-corrected chi connectivity index (χ4v) is 3.99. The van der Waals surface area contributed by atoms with Crippen molar-refractivity contribution in [2.45, 2.75) is 38.6 Å². The monoisotopic (exact) mass is 382 g/mol. The molecule has 3 rings (SSSR count). The van der Waals surface area contributed by atoms with Crippen LogP contribution in [0.3, 0.4) is 0 Å². The van der Waals surface area contributed by atoms with E-state index in [4.69, 9.17) is 23.2 Å². The Balaban J connectivity index is 1.63. The van der Waals surface area contributed by atoms with Crippen molar-refractivity contribution in [3.63, 3.8) is 0 Å². The number of halogens is 2. The maximum absolute atomic E-state index is 12.4. The fourth-order valence-electron chi connectivity index (χ4n) is 3.68. The van der Waals surface area contributed by atoms with Gasteiger partial charge in [0.15, 0.2) is 0 Å². The molecule has 3 atom stereocenters. The van der Waals surface area contributed by atoms with Crippen LogP contribution in [0.4, 0.5) is 0 Å². The van der Waals surface area contributed by atoms with Crippen molar-refractivity contribution in [1.29, 1.82) is 0 Å². The van der Waals surface area contributed by atoms with E-state index in [9.17, 15) is 14.4 Å². The summed E-state index contributed by atoms with van der Waals surface area (Å²) in [6.45, 7) is 1.58. The number of nitrogens with one attached hydrogen (secondary N) is 1. The zero-order chi connectivity index (χ0) is 18.1. The van der Waals surface area contributed by atoms with Gasteiger partial charge in [-0.25, -0.2) is 0 Å². The molecule has 1 aromatic rings. The normalized spacial score (nSPS) is 24.2. The molecule has 134 valence electrons. The Hall–Kier alpha value is -1.59. The summed E-state index contributed by atoms with van der Waals surface area (Å²) in [6, 6.07) is 4.83. The quantitative estimate of drug-likeness (QED) is 0.811. The Bertz CT molecular complexity index is 698. The molecule has 0 aromatic heterocycles. The smallest absolute Gasteiger partial charge is 0.240 e. The van der Waals surface area contributed by atoms with Crippen LogP contribution in [0.5, 0.6) is 0 Å². The van der Waals surface area contributed by atoms with Gasteiger partial charge in [0.05, 0.1) is 27.9 Å². The number of amides is 3. The molecule has 0 radical (unpaired) electrons. The van der Waals surface area contributed by atoms with Crippen molar-refractivity contribution in [2.24, 2.45) is 11.8 Å². The molecule has 0 bridgehead atoms. The van der Waals surface area contributed by atoms with Crippen LogP contribution >= 0.6 is 23.2 Å². The Labute approximate surface area is 156 Å². The Kier molecular flexibility index (Phi) is 5.35. The van der Waals surface area contributed by atoms with Crippen LogP contribution in [0.1, 0.15) is 44.2 Å². The summed E-state index contributed by atoms with van der Waals surface area (Å²) in [4.78, 5) is 38.3. The molecule has 1 aromatic carbocycles. The van der Waals surface area contributed by atoms with Crippen LogP contribution in [0.15, 0.2) is 18.2 Å². The number of hydrogen-bond acceptors (Lipinski definition) is 3. The molecule has 1 aliphatic heterocycles. The molecular formula is C18H20Cl2N2O3. The molecule has 0 unspecified atom stereocenters. The van der Waals surface area contributed by atoms with Gasteiger partial charge in [-0.15, -0.1) is 0 Å². The van der Waals surface area contributed by atoms with E-state index in [0.717, 1.165) is 36.1 Å². The number of hydrogen-bond donors (Lipinski definition) is 1. The standard InChI is InChI=1S/C18H20Cl2N2O3/c1-10(11-6-7-14(19)15(20)8-11)21-16(23)9-22-17(24)12-4-2-3-5-13(12)18(22)25/h6-8,10,12-13H,2-5,9H2,1H3,(H,21,23)/t10-,12-,13+/m1/s1. The Morgan fingerprint density at radius 1 is 1.16 bits per heavy atom. The first kappa shape index (κ1) is 18.2. The molecule has 1 saturated heterocycles. The van der Waals surface area contributed by atoms with Crippen LogP contribution < -0.4 is 5.32 Å². The van der Waals surface area contributed by atoms with Crippen LogP contribution in [-0.2, 0) is 14.4 Å². The van der Waals surface area contributed by atoms with Gasteiger partial charge in [0.25, 0.3) is 0 Å². The zero-order valence-corrected chi connectivity index (χ0v) is 15.4. The highest BCUT2D eigenvalue weighted by atomic mass is 35.5. The van der Waals surface area contributed by atoms with Gasteiger partial charge in [-0.3, -0.25) is 19.3 Å². The maximum atomic E-state index is 12.4. The second-order valence-corrected chi connectivity index (χ2v) is 7.54. The molecule has 0 spiro atoms. The molecule has 7 heteroatoms. The molecule has 25 heavy (non-hydrogen) atoms. The second kappa shape index (κ2) is 7.34. The van der Waals surface area contributed by atoms with E-state index in [1.54, 1.807) is 18.2 Å². The number of imide groups is 1. The summed E-state index contributed by atoms with van der Waals surface area (Å²) in [5.41, 5.74) is 0.801. The first-order valence-electron chi connectivity index (χ1n) is 8.48. The average molecular weight is 383 g/mol. The number of fused-ring (bicyclic) bond motifs is 1. The van der Waals surface area contributed by atoms with Gasteiger partial charge >= 0.3 is 0 Å². The lowest BCUT2D eigenvalue weighted by molar-refractivity contribution is -0.143. The minimum atomic E-state index is -0.362. The van der Waals surface area contributed by atoms with Gasteiger partial charge < -0.3 is 5.32 Å². The second-order valence-electron chi connectivity index (χ2n) is 6.72. The van der Waals surface area contributed by atoms with Gasteiger partial charge in [-0.1, -0.05) is 42.1 Å². The summed E-state index contributed by atoms with van der Waals surface area (Å²) in [7, 11) is 0. The van der Waals surface area contributed by atoms with E-state index in [1.165, 1.54) is 0 Å². The van der Waals surface area contributed by atoms with Crippen molar-refractivity contribution in [3.8, 4) is 0 Å². The molecule has 1 heterocycles. The lowest BCUT2D eigenvalue weighted by Crippen LogP contribution is -2.41. The highest BCUT2D eigenvalue weighted by molar-refractivity contribution is 6.42. The number of likely N-dealkylation sites (tertiary alicyclic amines) is 1. The average Bonchev–Trinajstić information content (AvgIpc) is 2.82. The van der Waals surface area contributed by atoms with Gasteiger partial charge in [-0.05, 0) is 37.5 Å². The van der Waals surface area contributed by atoms with Crippen LogP contribution in [-0.4, -0.2) is 29.2 Å². The number of carbonyl (C=O) groups is 3. The predicted octanol–water partition coefficient (Wildman–Crippen LogP) is 3.35.